The van der Waals surface area contributed by atoms with Gasteiger partial charge >= 0.3 is 0 Å². The van der Waals surface area contributed by atoms with E-state index in [9.17, 15) is 18.0 Å². The van der Waals surface area contributed by atoms with E-state index in [0.717, 1.165) is 0 Å². The molecule has 0 saturated carbocycles. The number of ketones is 1. The Kier molecular flexibility index (Phi) is 6.99. The highest BCUT2D eigenvalue weighted by molar-refractivity contribution is 7.89. The Labute approximate surface area is 175 Å². The van der Waals surface area contributed by atoms with E-state index in [0.29, 0.717) is 49.5 Å². The summed E-state index contributed by atoms with van der Waals surface area (Å²) >= 11 is 0. The van der Waals surface area contributed by atoms with Crippen molar-refractivity contribution in [1.29, 1.82) is 0 Å². The van der Waals surface area contributed by atoms with E-state index < -0.39 is 10.0 Å². The molecule has 9 nitrogen and oxygen atoms in total. The van der Waals surface area contributed by atoms with Crippen molar-refractivity contribution in [3.8, 4) is 0 Å². The van der Waals surface area contributed by atoms with Crippen molar-refractivity contribution in [3.05, 3.63) is 41.5 Å². The summed E-state index contributed by atoms with van der Waals surface area (Å²) in [6.07, 6.45) is 2.23. The van der Waals surface area contributed by atoms with Gasteiger partial charge in [-0.3, -0.25) is 9.59 Å². The van der Waals surface area contributed by atoms with Crippen LogP contribution in [0.2, 0.25) is 0 Å². The number of hydrogen-bond donors (Lipinski definition) is 1. The maximum atomic E-state index is 12.8. The number of piperidine rings is 1. The average Bonchev–Trinajstić information content (AvgIpc) is 3.16. The summed E-state index contributed by atoms with van der Waals surface area (Å²) in [7, 11) is -3.64. The molecular weight excluding hydrogens is 408 g/mol. The maximum absolute atomic E-state index is 12.8. The number of nitrogens with one attached hydrogen (secondary N) is 1. The minimum Gasteiger partial charge on any atom is -0.356 e. The fraction of sp³-hybridized carbons (Fsp3) is 0.500. The summed E-state index contributed by atoms with van der Waals surface area (Å²) in [5.74, 6) is 0.766. The Morgan fingerprint density at radius 1 is 1.20 bits per heavy atom. The third-order valence-corrected chi connectivity index (χ3v) is 7.07. The Morgan fingerprint density at radius 3 is 2.43 bits per heavy atom. The molecule has 0 unspecified atom stereocenters. The van der Waals surface area contributed by atoms with Gasteiger partial charge in [0.25, 0.3) is 0 Å². The largest absolute Gasteiger partial charge is 0.356 e. The summed E-state index contributed by atoms with van der Waals surface area (Å²) in [5.41, 5.74) is 0.471. The van der Waals surface area contributed by atoms with Crippen LogP contribution in [-0.4, -0.2) is 54.2 Å². The molecule has 0 bridgehead atoms. The molecule has 1 aromatic heterocycles. The monoisotopic (exact) mass is 434 g/mol. The molecule has 2 heterocycles. The van der Waals surface area contributed by atoms with Gasteiger partial charge in [0.15, 0.2) is 11.6 Å². The van der Waals surface area contributed by atoms with E-state index in [1.165, 1.54) is 35.5 Å². The number of benzene rings is 1. The lowest BCUT2D eigenvalue weighted by molar-refractivity contribution is -0.126. The smallest absolute Gasteiger partial charge is 0.243 e. The SMILES string of the molecule is CC(=O)c1ccc(S(=O)(=O)N2CCC(C(=O)NCCCc3nc(C)no3)CC2)cc1. The van der Waals surface area contributed by atoms with Crippen LogP contribution in [0.3, 0.4) is 0 Å². The van der Waals surface area contributed by atoms with Gasteiger partial charge in [0.05, 0.1) is 4.90 Å². The van der Waals surface area contributed by atoms with Gasteiger partial charge in [-0.1, -0.05) is 17.3 Å². The summed E-state index contributed by atoms with van der Waals surface area (Å²) in [5, 5.41) is 6.63. The van der Waals surface area contributed by atoms with Crippen molar-refractivity contribution in [3.63, 3.8) is 0 Å². The van der Waals surface area contributed by atoms with Gasteiger partial charge in [0, 0.05) is 37.5 Å². The van der Waals surface area contributed by atoms with E-state index in [4.69, 9.17) is 4.52 Å². The number of carbonyl (C=O) groups excluding carboxylic acids is 2. The van der Waals surface area contributed by atoms with Crippen LogP contribution in [0.4, 0.5) is 0 Å². The van der Waals surface area contributed by atoms with Gasteiger partial charge in [-0.2, -0.15) is 9.29 Å². The van der Waals surface area contributed by atoms with Gasteiger partial charge in [-0.25, -0.2) is 8.42 Å². The third-order valence-electron chi connectivity index (χ3n) is 5.16. The minimum atomic E-state index is -3.64. The van der Waals surface area contributed by atoms with E-state index >= 15 is 0 Å². The molecule has 2 aromatic rings. The van der Waals surface area contributed by atoms with Crippen molar-refractivity contribution in [2.45, 2.75) is 44.4 Å². The van der Waals surface area contributed by atoms with Crippen LogP contribution in [0.1, 0.15) is 48.3 Å². The van der Waals surface area contributed by atoms with E-state index in [1.54, 1.807) is 6.92 Å². The number of aryl methyl sites for hydroxylation is 2. The number of nitrogens with zero attached hydrogens (tertiary/aromatic N) is 3. The molecule has 1 aliphatic heterocycles. The molecule has 162 valence electrons. The Balaban J connectivity index is 1.46. The first-order valence-electron chi connectivity index (χ1n) is 9.95. The fourth-order valence-corrected chi connectivity index (χ4v) is 4.88. The first kappa shape index (κ1) is 22.1. The van der Waals surface area contributed by atoms with Crippen molar-refractivity contribution < 1.29 is 22.5 Å². The van der Waals surface area contributed by atoms with Gasteiger partial charge in [-0.15, -0.1) is 0 Å². The Morgan fingerprint density at radius 2 is 1.87 bits per heavy atom. The fourth-order valence-electron chi connectivity index (χ4n) is 3.41. The predicted octanol–water partition coefficient (Wildman–Crippen LogP) is 1.73. The zero-order valence-electron chi connectivity index (χ0n) is 17.1. The number of amides is 1. The van der Waals surface area contributed by atoms with Crippen molar-refractivity contribution in [2.75, 3.05) is 19.6 Å². The van der Waals surface area contributed by atoms with Crippen molar-refractivity contribution >= 4 is 21.7 Å². The molecule has 30 heavy (non-hydrogen) atoms. The van der Waals surface area contributed by atoms with Crippen LogP contribution in [0.5, 0.6) is 0 Å². The summed E-state index contributed by atoms with van der Waals surface area (Å²) < 4.78 is 32.1. The molecule has 10 heteroatoms. The Bertz CT molecular complexity index is 992. The molecule has 0 spiro atoms. The van der Waals surface area contributed by atoms with Crippen molar-refractivity contribution in [1.82, 2.24) is 19.8 Å². The quantitative estimate of drug-likeness (QED) is 0.496. The molecule has 0 atom stereocenters. The lowest BCUT2D eigenvalue weighted by atomic mass is 9.97. The van der Waals surface area contributed by atoms with Crippen LogP contribution in [0.25, 0.3) is 0 Å². The highest BCUT2D eigenvalue weighted by atomic mass is 32.2. The summed E-state index contributed by atoms with van der Waals surface area (Å²) in [6, 6.07) is 5.95. The van der Waals surface area contributed by atoms with E-state index in [-0.39, 0.29) is 35.6 Å². The molecule has 0 radical (unpaired) electrons. The van der Waals surface area contributed by atoms with Gasteiger partial charge in [-0.05, 0) is 45.2 Å². The average molecular weight is 435 g/mol. The molecule has 3 rings (SSSR count). The van der Waals surface area contributed by atoms with Gasteiger partial charge in [0.2, 0.25) is 21.8 Å². The second-order valence-electron chi connectivity index (χ2n) is 7.39. The second kappa shape index (κ2) is 9.48. The molecule has 1 fully saturated rings. The Hall–Kier alpha value is -2.59. The number of hydrogen-bond acceptors (Lipinski definition) is 7. The predicted molar refractivity (Wildman–Crippen MR) is 108 cm³/mol. The van der Waals surface area contributed by atoms with Crippen LogP contribution in [0, 0.1) is 12.8 Å². The van der Waals surface area contributed by atoms with Gasteiger partial charge in [0.1, 0.15) is 0 Å². The molecule has 1 aromatic carbocycles. The number of aromatic nitrogens is 2. The second-order valence-corrected chi connectivity index (χ2v) is 9.33. The molecule has 1 saturated heterocycles. The number of rotatable bonds is 8. The number of carbonyl (C=O) groups is 2. The first-order chi connectivity index (χ1) is 14.3. The lowest BCUT2D eigenvalue weighted by Crippen LogP contribution is -2.43. The topological polar surface area (TPSA) is 122 Å². The molecular formula is C20H26N4O5S. The summed E-state index contributed by atoms with van der Waals surface area (Å²) in [4.78, 5) is 28.0. The zero-order valence-corrected chi connectivity index (χ0v) is 17.9. The van der Waals surface area contributed by atoms with Crippen LogP contribution < -0.4 is 5.32 Å². The normalized spacial score (nSPS) is 15.8. The van der Waals surface area contributed by atoms with E-state index in [1.807, 2.05) is 0 Å². The van der Waals surface area contributed by atoms with Crippen LogP contribution in [-0.2, 0) is 21.2 Å². The van der Waals surface area contributed by atoms with Crippen LogP contribution >= 0.6 is 0 Å². The van der Waals surface area contributed by atoms with Gasteiger partial charge < -0.3 is 9.84 Å². The standard InChI is InChI=1S/C20H26N4O5S/c1-14(25)16-5-7-18(8-6-16)30(27,28)24-12-9-17(10-13-24)20(26)21-11-3-4-19-22-15(2)23-29-19/h5-8,17H,3-4,9-13H2,1-2H3,(H,21,26). The van der Waals surface area contributed by atoms with Crippen molar-refractivity contribution in [2.24, 2.45) is 5.92 Å². The molecule has 0 aliphatic carbocycles. The number of sulfonamides is 1. The van der Waals surface area contributed by atoms with Crippen LogP contribution in [0.15, 0.2) is 33.7 Å². The molecule has 1 aliphatic rings. The minimum absolute atomic E-state index is 0.0560. The lowest BCUT2D eigenvalue weighted by Gasteiger charge is -2.30. The number of Topliss-reactive ketones (excluding diaryl/α,β-unsaturated/α-hetero) is 1. The highest BCUT2D eigenvalue weighted by Gasteiger charge is 2.32. The zero-order chi connectivity index (χ0) is 21.7. The molecule has 1 N–H and O–H groups in total. The maximum Gasteiger partial charge on any atom is 0.243 e. The highest BCUT2D eigenvalue weighted by Crippen LogP contribution is 2.24. The van der Waals surface area contributed by atoms with E-state index in [2.05, 4.69) is 15.5 Å². The third kappa shape index (κ3) is 5.31. The summed E-state index contributed by atoms with van der Waals surface area (Å²) in [6.45, 7) is 4.27. The first-order valence-corrected chi connectivity index (χ1v) is 11.4. The molecule has 1 amide bonds.